The molecule has 3 aromatic rings. The number of pyridine rings is 2. The number of fused-ring (bicyclic) bond motifs is 2. The number of ether oxygens (including phenoxy) is 2. The number of carbonyl (C=O) groups excluding carboxylic acids is 1. The van der Waals surface area contributed by atoms with Crippen LogP contribution in [0.15, 0.2) is 36.5 Å². The summed E-state index contributed by atoms with van der Waals surface area (Å²) in [7, 11) is 0. The lowest BCUT2D eigenvalue weighted by Crippen LogP contribution is -2.41. The molecule has 1 atom stereocenters. The van der Waals surface area contributed by atoms with Gasteiger partial charge in [-0.05, 0) is 49.4 Å². The first-order chi connectivity index (χ1) is 18.5. The summed E-state index contributed by atoms with van der Waals surface area (Å²) in [4.78, 5) is 26.5. The van der Waals surface area contributed by atoms with Gasteiger partial charge < -0.3 is 19.7 Å². The Labute approximate surface area is 224 Å². The van der Waals surface area contributed by atoms with E-state index in [0.717, 1.165) is 54.3 Å². The lowest BCUT2D eigenvalue weighted by atomic mass is 9.98. The number of aryl methyl sites for hydroxylation is 1. The Morgan fingerprint density at radius 3 is 2.74 bits per heavy atom. The highest BCUT2D eigenvalue weighted by Crippen LogP contribution is 2.46. The van der Waals surface area contributed by atoms with Gasteiger partial charge in [0.1, 0.15) is 29.2 Å². The molecule has 0 bridgehead atoms. The minimum absolute atomic E-state index is 0.261. The van der Waals surface area contributed by atoms with Gasteiger partial charge in [-0.3, -0.25) is 9.88 Å². The second-order valence-electron chi connectivity index (χ2n) is 10.2. The van der Waals surface area contributed by atoms with Crippen molar-refractivity contribution in [2.75, 3.05) is 41.4 Å². The molecular formula is C28H27ClFN5O3. The Morgan fingerprint density at radius 2 is 1.95 bits per heavy atom. The van der Waals surface area contributed by atoms with Crippen molar-refractivity contribution in [1.82, 2.24) is 9.97 Å². The molecule has 0 spiro atoms. The zero-order chi connectivity index (χ0) is 25.8. The molecule has 2 fully saturated rings. The molecule has 0 radical (unpaired) electrons. The van der Waals surface area contributed by atoms with Gasteiger partial charge in [0, 0.05) is 42.9 Å². The van der Waals surface area contributed by atoms with Crippen LogP contribution in [-0.4, -0.2) is 42.3 Å². The van der Waals surface area contributed by atoms with Crippen molar-refractivity contribution in [2.45, 2.75) is 44.2 Å². The Morgan fingerprint density at radius 1 is 1.11 bits per heavy atom. The molecule has 1 saturated heterocycles. The number of morpholine rings is 1. The molecule has 3 aliphatic heterocycles. The van der Waals surface area contributed by atoms with E-state index in [1.54, 1.807) is 23.2 Å². The lowest BCUT2D eigenvalue weighted by Gasteiger charge is -2.34. The number of amides is 2. The summed E-state index contributed by atoms with van der Waals surface area (Å²) in [6, 6.07) is 8.31. The SMILES string of the molecule is O=C1Nc2cc(N3CCOCC3)nc(C3CC3)c2CN1c1cc2c(cc1Cl)CCC(c1ncccc1F)O2. The summed E-state index contributed by atoms with van der Waals surface area (Å²) in [6.07, 6.45) is 4.52. The van der Waals surface area contributed by atoms with Crippen LogP contribution < -0.4 is 19.9 Å². The van der Waals surface area contributed by atoms with Gasteiger partial charge in [-0.15, -0.1) is 0 Å². The number of urea groups is 1. The van der Waals surface area contributed by atoms with Gasteiger partial charge >= 0.3 is 6.03 Å². The topological polar surface area (TPSA) is 79.8 Å². The highest BCUT2D eigenvalue weighted by atomic mass is 35.5. The predicted octanol–water partition coefficient (Wildman–Crippen LogP) is 5.60. The fourth-order valence-corrected chi connectivity index (χ4v) is 5.82. The number of carbonyl (C=O) groups is 1. The first-order valence-corrected chi connectivity index (χ1v) is 13.5. The number of rotatable bonds is 4. The van der Waals surface area contributed by atoms with Crippen molar-refractivity contribution >= 4 is 34.8 Å². The van der Waals surface area contributed by atoms with Gasteiger partial charge in [-0.25, -0.2) is 14.2 Å². The molecule has 4 aliphatic rings. The Kier molecular flexibility index (Phi) is 5.85. The summed E-state index contributed by atoms with van der Waals surface area (Å²) in [6.45, 7) is 3.27. The third-order valence-corrected chi connectivity index (χ3v) is 8.01. The first-order valence-electron chi connectivity index (χ1n) is 13.1. The molecule has 10 heteroatoms. The normalized spacial score (nSPS) is 20.9. The molecule has 8 nitrogen and oxygen atoms in total. The van der Waals surface area contributed by atoms with E-state index < -0.39 is 11.9 Å². The van der Waals surface area contributed by atoms with Gasteiger partial charge in [0.25, 0.3) is 0 Å². The molecule has 1 saturated carbocycles. The maximum atomic E-state index is 14.4. The van der Waals surface area contributed by atoms with Crippen molar-refractivity contribution < 1.29 is 18.7 Å². The molecule has 1 aliphatic carbocycles. The van der Waals surface area contributed by atoms with Gasteiger partial charge in [0.15, 0.2) is 0 Å². The summed E-state index contributed by atoms with van der Waals surface area (Å²) in [5.41, 5.74) is 4.64. The molecule has 2 aromatic heterocycles. The highest BCUT2D eigenvalue weighted by molar-refractivity contribution is 6.34. The molecule has 1 aromatic carbocycles. The molecule has 7 rings (SSSR count). The van der Waals surface area contributed by atoms with E-state index in [2.05, 4.69) is 15.2 Å². The Hall–Kier alpha value is -3.43. The number of hydrogen-bond donors (Lipinski definition) is 1. The van der Waals surface area contributed by atoms with E-state index in [1.165, 1.54) is 6.07 Å². The van der Waals surface area contributed by atoms with Crippen molar-refractivity contribution in [2.24, 2.45) is 0 Å². The number of nitrogens with one attached hydrogen (secondary N) is 1. The maximum absolute atomic E-state index is 14.4. The molecule has 38 heavy (non-hydrogen) atoms. The summed E-state index contributed by atoms with van der Waals surface area (Å²) in [5, 5.41) is 3.56. The highest BCUT2D eigenvalue weighted by Gasteiger charge is 2.36. The van der Waals surface area contributed by atoms with Crippen LogP contribution in [0.1, 0.15) is 53.8 Å². The first kappa shape index (κ1) is 23.7. The van der Waals surface area contributed by atoms with Gasteiger partial charge in [-0.1, -0.05) is 11.6 Å². The molecular weight excluding hydrogens is 509 g/mol. The number of anilines is 3. The average Bonchev–Trinajstić information content (AvgIpc) is 3.78. The molecule has 1 N–H and O–H groups in total. The number of halogens is 2. The summed E-state index contributed by atoms with van der Waals surface area (Å²) < 4.78 is 26.1. The molecule has 196 valence electrons. The number of nitrogens with zero attached hydrogens (tertiary/aromatic N) is 4. The van der Waals surface area contributed by atoms with E-state index in [-0.39, 0.29) is 11.7 Å². The number of benzene rings is 1. The fourth-order valence-electron chi connectivity index (χ4n) is 5.53. The predicted molar refractivity (Wildman–Crippen MR) is 142 cm³/mol. The standard InChI is InChI=1S/C28H27ClFN5O3/c29-19-12-17-5-6-23(27-20(30)2-1-7-31-27)38-24(17)14-22(19)35-15-18-21(32-28(35)36)13-25(33-26(18)16-3-4-16)34-8-10-37-11-9-34/h1-2,7,12-14,16,23H,3-6,8-11,15H2,(H,32,36). The molecule has 1 unspecified atom stereocenters. The van der Waals surface area contributed by atoms with Gasteiger partial charge in [-0.2, -0.15) is 0 Å². The minimum Gasteiger partial charge on any atom is -0.484 e. The number of hydrogen-bond acceptors (Lipinski definition) is 6. The van der Waals surface area contributed by atoms with E-state index in [0.29, 0.717) is 55.0 Å². The van der Waals surface area contributed by atoms with E-state index in [1.807, 2.05) is 12.1 Å². The second-order valence-corrected chi connectivity index (χ2v) is 10.6. The monoisotopic (exact) mass is 535 g/mol. The zero-order valence-corrected chi connectivity index (χ0v) is 21.5. The summed E-state index contributed by atoms with van der Waals surface area (Å²) >= 11 is 6.72. The quantitative estimate of drug-likeness (QED) is 0.468. The van der Waals surface area contributed by atoms with Crippen LogP contribution in [-0.2, 0) is 17.7 Å². The van der Waals surface area contributed by atoms with Crippen LogP contribution in [0.3, 0.4) is 0 Å². The van der Waals surface area contributed by atoms with E-state index in [9.17, 15) is 9.18 Å². The average molecular weight is 536 g/mol. The smallest absolute Gasteiger partial charge is 0.326 e. The van der Waals surface area contributed by atoms with Gasteiger partial charge in [0.05, 0.1) is 41.8 Å². The van der Waals surface area contributed by atoms with Crippen molar-refractivity contribution in [3.63, 3.8) is 0 Å². The fraction of sp³-hybridized carbons (Fsp3) is 0.393. The second kappa shape index (κ2) is 9.39. The van der Waals surface area contributed by atoms with Crippen molar-refractivity contribution in [3.8, 4) is 5.75 Å². The summed E-state index contributed by atoms with van der Waals surface area (Å²) in [5.74, 6) is 1.49. The van der Waals surface area contributed by atoms with Crippen LogP contribution in [0.5, 0.6) is 5.75 Å². The van der Waals surface area contributed by atoms with Crippen LogP contribution in [0.2, 0.25) is 5.02 Å². The number of aromatic nitrogens is 2. The Bertz CT molecular complexity index is 1430. The van der Waals surface area contributed by atoms with Crippen LogP contribution >= 0.6 is 11.6 Å². The maximum Gasteiger partial charge on any atom is 0.326 e. The molecule has 2 amide bonds. The van der Waals surface area contributed by atoms with E-state index in [4.69, 9.17) is 26.1 Å². The zero-order valence-electron chi connectivity index (χ0n) is 20.8. The third-order valence-electron chi connectivity index (χ3n) is 7.70. The third kappa shape index (κ3) is 4.23. The largest absolute Gasteiger partial charge is 0.484 e. The van der Waals surface area contributed by atoms with Gasteiger partial charge in [0.2, 0.25) is 0 Å². The van der Waals surface area contributed by atoms with Crippen molar-refractivity contribution in [1.29, 1.82) is 0 Å². The van der Waals surface area contributed by atoms with Crippen molar-refractivity contribution in [3.05, 3.63) is 69.9 Å². The Balaban J connectivity index is 1.21. The van der Waals surface area contributed by atoms with Crippen LogP contribution in [0, 0.1) is 5.82 Å². The van der Waals surface area contributed by atoms with E-state index >= 15 is 0 Å². The molecule has 5 heterocycles. The minimum atomic E-state index is -0.502. The van der Waals surface area contributed by atoms with Crippen LogP contribution in [0.25, 0.3) is 0 Å². The van der Waals surface area contributed by atoms with Crippen LogP contribution in [0.4, 0.5) is 26.4 Å². The lowest BCUT2D eigenvalue weighted by molar-refractivity contribution is 0.122.